The second kappa shape index (κ2) is 9.96. The number of carbonyl (C=O) groups is 3. The van der Waals surface area contributed by atoms with Crippen molar-refractivity contribution in [2.75, 3.05) is 33.3 Å². The van der Waals surface area contributed by atoms with Crippen LogP contribution < -0.4 is 9.47 Å². The van der Waals surface area contributed by atoms with Gasteiger partial charge in [0.25, 0.3) is 5.91 Å². The second-order valence-electron chi connectivity index (χ2n) is 8.10. The molecule has 2 aliphatic heterocycles. The van der Waals surface area contributed by atoms with Crippen LogP contribution in [0.3, 0.4) is 0 Å². The van der Waals surface area contributed by atoms with E-state index in [0.717, 1.165) is 25.7 Å². The molecule has 2 fully saturated rings. The number of carbonyl (C=O) groups excluding carboxylic acids is 3. The average molecular weight is 417 g/mol. The minimum absolute atomic E-state index is 0.0265. The first kappa shape index (κ1) is 22.1. The Morgan fingerprint density at radius 1 is 1.03 bits per heavy atom. The van der Waals surface area contributed by atoms with Gasteiger partial charge in [-0.3, -0.25) is 14.4 Å². The van der Waals surface area contributed by atoms with Crippen LogP contribution in [-0.4, -0.2) is 66.8 Å². The number of benzene rings is 1. The molecule has 0 aliphatic carbocycles. The van der Waals surface area contributed by atoms with Crippen LogP contribution in [-0.2, 0) is 9.59 Å². The first-order chi connectivity index (χ1) is 14.4. The maximum absolute atomic E-state index is 13.1. The number of ketones is 1. The molecule has 3 rings (SSSR count). The van der Waals surface area contributed by atoms with E-state index < -0.39 is 0 Å². The fourth-order valence-corrected chi connectivity index (χ4v) is 4.27. The van der Waals surface area contributed by atoms with E-state index in [-0.39, 0.29) is 29.6 Å². The molecule has 30 heavy (non-hydrogen) atoms. The molecule has 0 saturated carbocycles. The summed E-state index contributed by atoms with van der Waals surface area (Å²) in [5.41, 5.74) is 0.538. The zero-order chi connectivity index (χ0) is 21.7. The number of nitrogens with zero attached hydrogens (tertiary/aromatic N) is 2. The van der Waals surface area contributed by atoms with Crippen molar-refractivity contribution in [2.45, 2.75) is 52.1 Å². The summed E-state index contributed by atoms with van der Waals surface area (Å²) in [7, 11) is 1.58. The van der Waals surface area contributed by atoms with Gasteiger partial charge in [-0.2, -0.15) is 0 Å². The summed E-state index contributed by atoms with van der Waals surface area (Å²) in [5, 5.41) is 0. The van der Waals surface area contributed by atoms with Crippen LogP contribution in [0.5, 0.6) is 11.5 Å². The Morgan fingerprint density at radius 3 is 2.40 bits per heavy atom. The first-order valence-electron chi connectivity index (χ1n) is 10.8. The van der Waals surface area contributed by atoms with Gasteiger partial charge < -0.3 is 19.3 Å². The van der Waals surface area contributed by atoms with Crippen molar-refractivity contribution in [3.8, 4) is 11.5 Å². The Kier molecular flexibility index (Phi) is 7.34. The predicted molar refractivity (Wildman–Crippen MR) is 113 cm³/mol. The van der Waals surface area contributed by atoms with Gasteiger partial charge in [0, 0.05) is 63.8 Å². The van der Waals surface area contributed by atoms with E-state index in [4.69, 9.17) is 9.47 Å². The zero-order valence-corrected chi connectivity index (χ0v) is 18.2. The highest BCUT2D eigenvalue weighted by atomic mass is 16.5. The van der Waals surface area contributed by atoms with Crippen molar-refractivity contribution >= 4 is 17.6 Å². The molecule has 2 amide bonds. The quantitative estimate of drug-likeness (QED) is 0.713. The molecule has 0 N–H and O–H groups in total. The maximum Gasteiger partial charge on any atom is 0.254 e. The largest absolute Gasteiger partial charge is 0.493 e. The van der Waals surface area contributed by atoms with Gasteiger partial charge >= 0.3 is 0 Å². The van der Waals surface area contributed by atoms with Crippen LogP contribution in [0.2, 0.25) is 0 Å². The standard InChI is InChI=1S/C23H32N2O5/c1-4-20(27)18-6-5-11-25(15-18)23(28)17-7-8-21(29-3)22(14-17)30-19-9-12-24(13-10-19)16(2)26/h7-8,14,18-19H,4-6,9-13,15H2,1-3H3/t18-/m1/s1. The molecule has 1 aromatic carbocycles. The summed E-state index contributed by atoms with van der Waals surface area (Å²) in [6, 6.07) is 5.24. The molecule has 0 aromatic heterocycles. The van der Waals surface area contributed by atoms with Crippen molar-refractivity contribution in [3.05, 3.63) is 23.8 Å². The van der Waals surface area contributed by atoms with Gasteiger partial charge in [0.2, 0.25) is 5.91 Å². The van der Waals surface area contributed by atoms with E-state index in [0.29, 0.717) is 49.7 Å². The highest BCUT2D eigenvalue weighted by Crippen LogP contribution is 2.32. The summed E-state index contributed by atoms with van der Waals surface area (Å²) in [6.07, 6.45) is 3.67. The molecule has 2 heterocycles. The first-order valence-corrected chi connectivity index (χ1v) is 10.8. The number of amides is 2. The topological polar surface area (TPSA) is 76.2 Å². The maximum atomic E-state index is 13.1. The van der Waals surface area contributed by atoms with Gasteiger partial charge in [0.15, 0.2) is 11.5 Å². The molecule has 2 saturated heterocycles. The molecule has 0 bridgehead atoms. The molecule has 0 radical (unpaired) electrons. The third-order valence-corrected chi connectivity index (χ3v) is 6.10. The predicted octanol–water partition coefficient (Wildman–Crippen LogP) is 2.92. The lowest BCUT2D eigenvalue weighted by molar-refractivity contribution is -0.130. The Morgan fingerprint density at radius 2 is 1.77 bits per heavy atom. The zero-order valence-electron chi connectivity index (χ0n) is 18.2. The molecule has 1 aromatic rings. The van der Waals surface area contributed by atoms with Crippen molar-refractivity contribution in [1.29, 1.82) is 0 Å². The van der Waals surface area contributed by atoms with E-state index in [1.807, 2.05) is 11.8 Å². The normalized spacial score (nSPS) is 20.0. The van der Waals surface area contributed by atoms with Crippen LogP contribution in [0, 0.1) is 5.92 Å². The van der Waals surface area contributed by atoms with Gasteiger partial charge in [0.05, 0.1) is 7.11 Å². The van der Waals surface area contributed by atoms with Gasteiger partial charge in [-0.25, -0.2) is 0 Å². The molecule has 0 spiro atoms. The van der Waals surface area contributed by atoms with Crippen LogP contribution in [0.4, 0.5) is 0 Å². The smallest absolute Gasteiger partial charge is 0.254 e. The second-order valence-corrected chi connectivity index (χ2v) is 8.10. The average Bonchev–Trinajstić information content (AvgIpc) is 2.78. The summed E-state index contributed by atoms with van der Waals surface area (Å²) in [6.45, 7) is 5.94. The SMILES string of the molecule is CCC(=O)[C@@H]1CCCN(C(=O)c2ccc(OC)c(OC3CCN(C(C)=O)CC3)c2)C1. The lowest BCUT2D eigenvalue weighted by atomic mass is 9.92. The molecular formula is C23H32N2O5. The van der Waals surface area contributed by atoms with Gasteiger partial charge in [-0.05, 0) is 31.0 Å². The third-order valence-electron chi connectivity index (χ3n) is 6.10. The number of likely N-dealkylation sites (tertiary alicyclic amines) is 2. The van der Waals surface area contributed by atoms with Crippen molar-refractivity contribution in [2.24, 2.45) is 5.92 Å². The summed E-state index contributed by atoms with van der Waals surface area (Å²) in [4.78, 5) is 40.3. The Hall–Kier alpha value is -2.57. The van der Waals surface area contributed by atoms with Crippen molar-refractivity contribution in [3.63, 3.8) is 0 Å². The van der Waals surface area contributed by atoms with E-state index in [1.165, 1.54) is 0 Å². The summed E-state index contributed by atoms with van der Waals surface area (Å²) < 4.78 is 11.6. The number of hydrogen-bond donors (Lipinski definition) is 0. The fraction of sp³-hybridized carbons (Fsp3) is 0.609. The minimum atomic E-state index is -0.0810. The van der Waals surface area contributed by atoms with Gasteiger partial charge in [-0.15, -0.1) is 0 Å². The number of ether oxygens (including phenoxy) is 2. The van der Waals surface area contributed by atoms with Gasteiger partial charge in [-0.1, -0.05) is 6.92 Å². The van der Waals surface area contributed by atoms with Crippen molar-refractivity contribution in [1.82, 2.24) is 9.80 Å². The van der Waals surface area contributed by atoms with Gasteiger partial charge in [0.1, 0.15) is 11.9 Å². The lowest BCUT2D eigenvalue weighted by Crippen LogP contribution is -2.42. The summed E-state index contributed by atoms with van der Waals surface area (Å²) >= 11 is 0. The van der Waals surface area contributed by atoms with E-state index >= 15 is 0 Å². The Bertz CT molecular complexity index is 786. The van der Waals surface area contributed by atoms with Crippen LogP contribution >= 0.6 is 0 Å². The van der Waals surface area contributed by atoms with Crippen LogP contribution in [0.25, 0.3) is 0 Å². The van der Waals surface area contributed by atoms with E-state index in [1.54, 1.807) is 37.1 Å². The molecule has 0 unspecified atom stereocenters. The lowest BCUT2D eigenvalue weighted by Gasteiger charge is -2.33. The highest BCUT2D eigenvalue weighted by Gasteiger charge is 2.29. The van der Waals surface area contributed by atoms with Crippen molar-refractivity contribution < 1.29 is 23.9 Å². The molecule has 7 nitrogen and oxygen atoms in total. The van der Waals surface area contributed by atoms with Crippen LogP contribution in [0.1, 0.15) is 56.3 Å². The molecular weight excluding hydrogens is 384 g/mol. The number of methoxy groups -OCH3 is 1. The van der Waals surface area contributed by atoms with Crippen LogP contribution in [0.15, 0.2) is 18.2 Å². The minimum Gasteiger partial charge on any atom is -0.493 e. The number of hydrogen-bond acceptors (Lipinski definition) is 5. The third kappa shape index (κ3) is 5.12. The summed E-state index contributed by atoms with van der Waals surface area (Å²) in [5.74, 6) is 1.29. The number of piperidine rings is 2. The fourth-order valence-electron chi connectivity index (χ4n) is 4.27. The monoisotopic (exact) mass is 416 g/mol. The number of Topliss-reactive ketones (excluding diaryl/α,β-unsaturated/α-hetero) is 1. The Labute approximate surface area is 178 Å². The molecule has 2 aliphatic rings. The van der Waals surface area contributed by atoms with E-state index in [9.17, 15) is 14.4 Å². The molecule has 1 atom stereocenters. The number of rotatable bonds is 6. The Balaban J connectivity index is 1.70. The molecule has 164 valence electrons. The molecule has 7 heteroatoms. The highest BCUT2D eigenvalue weighted by molar-refractivity contribution is 5.95. The van der Waals surface area contributed by atoms with E-state index in [2.05, 4.69) is 0 Å².